The fraction of sp³-hybridized carbons (Fsp3) is 0.320. The smallest absolute Gasteiger partial charge is 0.435 e. The van der Waals surface area contributed by atoms with E-state index in [9.17, 15) is 23.8 Å². The van der Waals surface area contributed by atoms with Crippen molar-refractivity contribution in [2.75, 3.05) is 26.6 Å². The highest BCUT2D eigenvalue weighted by atomic mass is 32.5. The van der Waals surface area contributed by atoms with E-state index in [2.05, 4.69) is 15.0 Å². The van der Waals surface area contributed by atoms with Crippen LogP contribution in [0.1, 0.15) is 6.23 Å². The van der Waals surface area contributed by atoms with Gasteiger partial charge in [-0.3, -0.25) is 18.9 Å². The summed E-state index contributed by atoms with van der Waals surface area (Å²) in [6, 6.07) is 12.3. The Balaban J connectivity index is 1.46. The van der Waals surface area contributed by atoms with Crippen LogP contribution in [0.5, 0.6) is 23.0 Å². The zero-order chi connectivity index (χ0) is 30.9. The zero-order valence-electron chi connectivity index (χ0n) is 22.5. The summed E-state index contributed by atoms with van der Waals surface area (Å²) in [5.41, 5.74) is 1.73. The van der Waals surface area contributed by atoms with Gasteiger partial charge in [-0.25, -0.2) is 13.8 Å². The Hall–Kier alpha value is -3.86. The van der Waals surface area contributed by atoms with Crippen molar-refractivity contribution in [3.8, 4) is 23.0 Å². The SMILES string of the molecule is COc1ccc(OP(=S)(OC[C@@]2(C(F)F)O[C@@H](n3cnc4c(=O)[nH]c(N)nc43)[C@H](O)[C@H]2O)Oc2ccc(OC)cc2)cc1. The molecule has 5 N–H and O–H groups in total. The van der Waals surface area contributed by atoms with Gasteiger partial charge in [0.25, 0.3) is 12.0 Å². The Morgan fingerprint density at radius 2 is 1.60 bits per heavy atom. The summed E-state index contributed by atoms with van der Waals surface area (Å²) in [4.78, 5) is 22.3. The number of anilines is 1. The summed E-state index contributed by atoms with van der Waals surface area (Å²) in [6.45, 7) is -5.05. The van der Waals surface area contributed by atoms with E-state index in [0.717, 1.165) is 10.9 Å². The quantitative estimate of drug-likeness (QED) is 0.175. The van der Waals surface area contributed by atoms with Crippen molar-refractivity contribution in [2.45, 2.75) is 30.5 Å². The highest BCUT2D eigenvalue weighted by molar-refractivity contribution is 8.07. The molecule has 1 aliphatic rings. The van der Waals surface area contributed by atoms with Gasteiger partial charge in [-0.15, -0.1) is 0 Å². The molecule has 0 aliphatic carbocycles. The number of halogens is 2. The van der Waals surface area contributed by atoms with E-state index in [1.54, 1.807) is 24.3 Å². The Kier molecular flexibility index (Phi) is 8.56. The van der Waals surface area contributed by atoms with Crippen LogP contribution in [0.4, 0.5) is 14.7 Å². The summed E-state index contributed by atoms with van der Waals surface area (Å²) < 4.78 is 63.9. The largest absolute Gasteiger partial charge is 0.497 e. The fourth-order valence-corrected chi connectivity index (χ4v) is 6.24. The zero-order valence-corrected chi connectivity index (χ0v) is 24.2. The lowest BCUT2D eigenvalue weighted by atomic mass is 9.96. The van der Waals surface area contributed by atoms with Crippen molar-refractivity contribution in [2.24, 2.45) is 0 Å². The number of alkyl halides is 2. The van der Waals surface area contributed by atoms with Gasteiger partial charge in [0.2, 0.25) is 5.95 Å². The number of aliphatic hydroxyl groups excluding tert-OH is 2. The van der Waals surface area contributed by atoms with Crippen LogP contribution in [0, 0.1) is 0 Å². The molecule has 2 aromatic carbocycles. The third kappa shape index (κ3) is 6.00. The average molecular weight is 642 g/mol. The van der Waals surface area contributed by atoms with Gasteiger partial charge >= 0.3 is 6.72 Å². The third-order valence-corrected chi connectivity index (χ3v) is 8.63. The molecule has 1 aliphatic heterocycles. The van der Waals surface area contributed by atoms with Crippen molar-refractivity contribution in [3.05, 3.63) is 65.2 Å². The highest BCUT2D eigenvalue weighted by Gasteiger charge is 2.61. The molecule has 0 amide bonds. The van der Waals surface area contributed by atoms with Gasteiger partial charge in [0, 0.05) is 11.8 Å². The Bertz CT molecular complexity index is 1640. The molecule has 230 valence electrons. The molecule has 0 radical (unpaired) electrons. The molecule has 5 rings (SSSR count). The summed E-state index contributed by atoms with van der Waals surface area (Å²) in [5.74, 6) is 1.09. The second kappa shape index (κ2) is 12.0. The van der Waals surface area contributed by atoms with Crippen molar-refractivity contribution in [3.63, 3.8) is 0 Å². The van der Waals surface area contributed by atoms with Gasteiger partial charge in [0.15, 0.2) is 23.0 Å². The van der Waals surface area contributed by atoms with Crippen LogP contribution in [-0.4, -0.2) is 74.8 Å². The molecule has 0 saturated carbocycles. The molecule has 0 spiro atoms. The minimum Gasteiger partial charge on any atom is -0.497 e. The molecule has 0 unspecified atom stereocenters. The summed E-state index contributed by atoms with van der Waals surface area (Å²) in [5, 5.41) is 21.8. The van der Waals surface area contributed by atoms with Crippen LogP contribution < -0.4 is 29.8 Å². The molecule has 4 aromatic rings. The number of nitrogens with two attached hydrogens (primary N) is 1. The topological polar surface area (TPSA) is 185 Å². The first-order valence-electron chi connectivity index (χ1n) is 12.4. The molecule has 0 bridgehead atoms. The first-order chi connectivity index (χ1) is 20.5. The minimum atomic E-state index is -3.97. The van der Waals surface area contributed by atoms with Gasteiger partial charge in [-0.05, 0) is 48.5 Å². The maximum absolute atomic E-state index is 14.7. The lowest BCUT2D eigenvalue weighted by molar-refractivity contribution is -0.191. The van der Waals surface area contributed by atoms with Gasteiger partial charge in [0.1, 0.15) is 35.2 Å². The Morgan fingerprint density at radius 3 is 2.12 bits per heavy atom. The monoisotopic (exact) mass is 641 g/mol. The number of methoxy groups -OCH3 is 2. The molecule has 4 atom stereocenters. The highest BCUT2D eigenvalue weighted by Crippen LogP contribution is 2.53. The van der Waals surface area contributed by atoms with Crippen molar-refractivity contribution >= 4 is 35.6 Å². The molecule has 14 nitrogen and oxygen atoms in total. The lowest BCUT2D eigenvalue weighted by Crippen LogP contribution is -2.52. The van der Waals surface area contributed by atoms with Gasteiger partial charge in [-0.1, -0.05) is 0 Å². The second-order valence-corrected chi connectivity index (χ2v) is 12.1. The number of aromatic amines is 1. The maximum Gasteiger partial charge on any atom is 0.435 e. The van der Waals surface area contributed by atoms with Crippen LogP contribution in [0.2, 0.25) is 0 Å². The van der Waals surface area contributed by atoms with Gasteiger partial charge in [-0.2, -0.15) is 4.98 Å². The molecule has 2 aromatic heterocycles. The minimum absolute atomic E-state index is 0.167. The number of aliphatic hydroxyl groups is 2. The first-order valence-corrected chi connectivity index (χ1v) is 15.0. The number of hydrogen-bond acceptors (Lipinski definition) is 13. The van der Waals surface area contributed by atoms with E-state index in [4.69, 9.17) is 45.3 Å². The molecule has 1 saturated heterocycles. The number of hydrogen-bond donors (Lipinski definition) is 4. The molecule has 1 fully saturated rings. The number of nitrogen functional groups attached to an aromatic ring is 1. The number of nitrogens with one attached hydrogen (secondary N) is 1. The van der Waals surface area contributed by atoms with E-state index in [1.165, 1.54) is 38.5 Å². The van der Waals surface area contributed by atoms with Gasteiger partial charge < -0.3 is 39.2 Å². The van der Waals surface area contributed by atoms with E-state index in [1.807, 2.05) is 0 Å². The fourth-order valence-electron chi connectivity index (χ4n) is 4.31. The number of fused-ring (bicyclic) bond motifs is 1. The molecular weight excluding hydrogens is 615 g/mol. The Morgan fingerprint density at radius 1 is 1.07 bits per heavy atom. The third-order valence-electron chi connectivity index (χ3n) is 6.55. The number of H-pyrrole nitrogens is 1. The first kappa shape index (κ1) is 30.6. The second-order valence-electron chi connectivity index (χ2n) is 9.23. The lowest BCUT2D eigenvalue weighted by Gasteiger charge is -2.33. The molecule has 18 heteroatoms. The maximum atomic E-state index is 14.7. The van der Waals surface area contributed by atoms with Crippen molar-refractivity contribution in [1.82, 2.24) is 19.5 Å². The number of rotatable bonds is 11. The van der Waals surface area contributed by atoms with E-state index < -0.39 is 49.3 Å². The number of ether oxygens (including phenoxy) is 3. The number of nitrogens with zero attached hydrogens (tertiary/aromatic N) is 3. The summed E-state index contributed by atoms with van der Waals surface area (Å²) in [6.07, 6.45) is -8.20. The average Bonchev–Trinajstić information content (AvgIpc) is 3.52. The standard InChI is InChI=1S/C25H26F2N5O9PS/c1-36-13-3-7-15(8-4-13)40-42(43,41-16-9-5-14(37-2)6-10-16)38-11-25(23(26)27)19(34)18(33)22(39-25)32-12-29-17-20(32)30-24(28)31-21(17)35/h3-10,12,18-19,22-23,33-34H,11H2,1-2H3,(H3,28,30,31,35)/t18-,19-,22-,25-/m1/s1. The molecular formula is C25H26F2N5O9PS. The number of benzene rings is 2. The molecule has 43 heavy (non-hydrogen) atoms. The predicted molar refractivity (Wildman–Crippen MR) is 151 cm³/mol. The van der Waals surface area contributed by atoms with Crippen molar-refractivity contribution < 1.29 is 46.8 Å². The molecule has 3 heterocycles. The van der Waals surface area contributed by atoms with E-state index in [-0.39, 0.29) is 28.6 Å². The van der Waals surface area contributed by atoms with Crippen LogP contribution >= 0.6 is 6.72 Å². The Labute approximate surface area is 247 Å². The van der Waals surface area contributed by atoms with E-state index >= 15 is 0 Å². The van der Waals surface area contributed by atoms with Crippen LogP contribution in [0.15, 0.2) is 59.7 Å². The van der Waals surface area contributed by atoms with Gasteiger partial charge in [0.05, 0.1) is 27.2 Å². The number of imidazole rings is 1. The summed E-state index contributed by atoms with van der Waals surface area (Å²) in [7, 11) is 2.95. The van der Waals surface area contributed by atoms with Crippen LogP contribution in [0.3, 0.4) is 0 Å². The van der Waals surface area contributed by atoms with Crippen molar-refractivity contribution in [1.29, 1.82) is 0 Å². The predicted octanol–water partition coefficient (Wildman–Crippen LogP) is 2.37. The normalized spacial score (nSPS) is 22.2. The number of aromatic nitrogens is 4. The van der Waals surface area contributed by atoms with Crippen LogP contribution in [-0.2, 0) is 21.1 Å². The van der Waals surface area contributed by atoms with Crippen LogP contribution in [0.25, 0.3) is 11.2 Å². The summed E-state index contributed by atoms with van der Waals surface area (Å²) >= 11 is 5.59. The van der Waals surface area contributed by atoms with E-state index in [0.29, 0.717) is 11.5 Å².